The lowest BCUT2D eigenvalue weighted by Gasteiger charge is -2.12. The zero-order valence-electron chi connectivity index (χ0n) is 14.5. The van der Waals surface area contributed by atoms with Crippen LogP contribution in [0.5, 0.6) is 0 Å². The van der Waals surface area contributed by atoms with Crippen molar-refractivity contribution < 1.29 is 8.42 Å². The highest BCUT2D eigenvalue weighted by molar-refractivity contribution is 7.92. The van der Waals surface area contributed by atoms with Gasteiger partial charge in [0.15, 0.2) is 0 Å². The van der Waals surface area contributed by atoms with Gasteiger partial charge in [0.05, 0.1) is 10.6 Å². The minimum Gasteiger partial charge on any atom is -0.358 e. The summed E-state index contributed by atoms with van der Waals surface area (Å²) in [6.07, 6.45) is 4.42. The molecule has 1 aromatic heterocycles. The molecule has 0 aliphatic heterocycles. The Balaban J connectivity index is 1.74. The summed E-state index contributed by atoms with van der Waals surface area (Å²) in [5.41, 5.74) is 6.23. The number of hydrogen-bond acceptors (Lipinski definition) is 2. The molecule has 0 amide bonds. The molecule has 1 aliphatic rings. The van der Waals surface area contributed by atoms with Crippen LogP contribution >= 0.6 is 0 Å². The van der Waals surface area contributed by atoms with Crippen LogP contribution in [0.4, 0.5) is 5.69 Å². The predicted molar refractivity (Wildman–Crippen MR) is 102 cm³/mol. The first-order chi connectivity index (χ1) is 11.9. The monoisotopic (exact) mass is 354 g/mol. The molecule has 0 unspecified atom stereocenters. The highest BCUT2D eigenvalue weighted by Crippen LogP contribution is 2.31. The van der Waals surface area contributed by atoms with Crippen molar-refractivity contribution in [3.63, 3.8) is 0 Å². The molecule has 4 rings (SSSR count). The van der Waals surface area contributed by atoms with Gasteiger partial charge in [-0.25, -0.2) is 8.42 Å². The fourth-order valence-corrected chi connectivity index (χ4v) is 4.84. The average molecular weight is 354 g/mol. The maximum Gasteiger partial charge on any atom is 0.261 e. The number of fused-ring (bicyclic) bond motifs is 3. The van der Waals surface area contributed by atoms with Gasteiger partial charge in [0, 0.05) is 16.6 Å². The van der Waals surface area contributed by atoms with E-state index >= 15 is 0 Å². The van der Waals surface area contributed by atoms with Gasteiger partial charge in [0.2, 0.25) is 0 Å². The molecular weight excluding hydrogens is 332 g/mol. The summed E-state index contributed by atoms with van der Waals surface area (Å²) in [5, 5.41) is 1.04. The lowest BCUT2D eigenvalue weighted by atomic mass is 9.96. The van der Waals surface area contributed by atoms with E-state index in [-0.39, 0.29) is 0 Å². The lowest BCUT2D eigenvalue weighted by molar-refractivity contribution is 0.601. The minimum atomic E-state index is -3.61. The van der Waals surface area contributed by atoms with Crippen molar-refractivity contribution in [1.82, 2.24) is 4.98 Å². The van der Waals surface area contributed by atoms with Gasteiger partial charge in [-0.2, -0.15) is 0 Å². The molecule has 0 bridgehead atoms. The van der Waals surface area contributed by atoms with Gasteiger partial charge < -0.3 is 4.98 Å². The van der Waals surface area contributed by atoms with Crippen molar-refractivity contribution in [1.29, 1.82) is 0 Å². The smallest absolute Gasteiger partial charge is 0.261 e. The van der Waals surface area contributed by atoms with Gasteiger partial charge in [0.25, 0.3) is 10.0 Å². The number of rotatable bonds is 3. The summed E-state index contributed by atoms with van der Waals surface area (Å²) < 4.78 is 28.4. The largest absolute Gasteiger partial charge is 0.358 e. The van der Waals surface area contributed by atoms with Crippen LogP contribution in [0.3, 0.4) is 0 Å². The Morgan fingerprint density at radius 2 is 1.80 bits per heavy atom. The Bertz CT molecular complexity index is 1060. The Hall–Kier alpha value is -2.27. The Morgan fingerprint density at radius 3 is 2.60 bits per heavy atom. The van der Waals surface area contributed by atoms with Crippen molar-refractivity contribution in [2.24, 2.45) is 0 Å². The third-order valence-electron chi connectivity index (χ3n) is 5.01. The van der Waals surface area contributed by atoms with E-state index in [0.717, 1.165) is 41.3 Å². The lowest BCUT2D eigenvalue weighted by Crippen LogP contribution is -2.13. The molecule has 1 heterocycles. The summed E-state index contributed by atoms with van der Waals surface area (Å²) in [6.45, 7) is 3.91. The van der Waals surface area contributed by atoms with Gasteiger partial charge in [-0.05, 0) is 74.9 Å². The van der Waals surface area contributed by atoms with Crippen LogP contribution in [-0.4, -0.2) is 13.4 Å². The van der Waals surface area contributed by atoms with Gasteiger partial charge in [-0.3, -0.25) is 4.72 Å². The van der Waals surface area contributed by atoms with Crippen LogP contribution in [-0.2, 0) is 22.9 Å². The molecule has 1 aliphatic carbocycles. The molecular formula is C20H22N2O2S. The van der Waals surface area contributed by atoms with Gasteiger partial charge in [0.1, 0.15) is 0 Å². The van der Waals surface area contributed by atoms with E-state index < -0.39 is 10.0 Å². The van der Waals surface area contributed by atoms with Crippen molar-refractivity contribution in [2.45, 2.75) is 44.4 Å². The van der Waals surface area contributed by atoms with E-state index in [9.17, 15) is 8.42 Å². The highest BCUT2D eigenvalue weighted by Gasteiger charge is 2.20. The van der Waals surface area contributed by atoms with Crippen LogP contribution in [0.2, 0.25) is 0 Å². The maximum absolute atomic E-state index is 12.9. The van der Waals surface area contributed by atoms with Crippen LogP contribution in [0.1, 0.15) is 35.2 Å². The van der Waals surface area contributed by atoms with Crippen LogP contribution < -0.4 is 4.72 Å². The van der Waals surface area contributed by atoms with Crippen molar-refractivity contribution >= 4 is 26.6 Å². The number of anilines is 1. The normalized spacial score (nSPS) is 14.5. The quantitative estimate of drug-likeness (QED) is 0.729. The number of hydrogen-bond donors (Lipinski definition) is 2. The first kappa shape index (κ1) is 16.2. The molecule has 0 radical (unpaired) electrons. The molecule has 0 atom stereocenters. The molecule has 3 aromatic rings. The SMILES string of the molecule is Cc1ccc(NS(=O)(=O)c2ccc3[nH]c4c(c3c2)CCCC4)c(C)c1. The molecule has 25 heavy (non-hydrogen) atoms. The van der Waals surface area contributed by atoms with Crippen LogP contribution in [0, 0.1) is 13.8 Å². The van der Waals surface area contributed by atoms with Crippen LogP contribution in [0.15, 0.2) is 41.3 Å². The van der Waals surface area contributed by atoms with Gasteiger partial charge >= 0.3 is 0 Å². The number of nitrogens with one attached hydrogen (secondary N) is 2. The molecule has 130 valence electrons. The van der Waals surface area contributed by atoms with Crippen molar-refractivity contribution in [3.05, 3.63) is 58.8 Å². The number of aryl methyl sites for hydroxylation is 4. The second-order valence-electron chi connectivity index (χ2n) is 6.92. The zero-order valence-corrected chi connectivity index (χ0v) is 15.3. The van der Waals surface area contributed by atoms with E-state index in [1.807, 2.05) is 44.2 Å². The molecule has 2 N–H and O–H groups in total. The predicted octanol–water partition coefficient (Wildman–Crippen LogP) is 4.46. The zero-order chi connectivity index (χ0) is 17.6. The standard InChI is InChI=1S/C20H22N2O2S/c1-13-7-9-18(14(2)11-13)22-25(23,24)15-8-10-20-17(12-15)16-5-3-4-6-19(16)21-20/h7-12,21-22H,3-6H2,1-2H3. The van der Waals surface area contributed by atoms with E-state index in [1.54, 1.807) is 6.07 Å². The number of benzene rings is 2. The number of aromatic nitrogens is 1. The van der Waals surface area contributed by atoms with Crippen LogP contribution in [0.25, 0.3) is 10.9 Å². The van der Waals surface area contributed by atoms with E-state index in [2.05, 4.69) is 9.71 Å². The molecule has 5 heteroatoms. The molecule has 4 nitrogen and oxygen atoms in total. The fourth-order valence-electron chi connectivity index (χ4n) is 3.68. The second-order valence-corrected chi connectivity index (χ2v) is 8.60. The van der Waals surface area contributed by atoms with Crippen molar-refractivity contribution in [3.8, 4) is 0 Å². The first-order valence-corrected chi connectivity index (χ1v) is 10.2. The van der Waals surface area contributed by atoms with Gasteiger partial charge in [-0.15, -0.1) is 0 Å². The molecule has 0 fully saturated rings. The number of aromatic amines is 1. The minimum absolute atomic E-state index is 0.312. The summed E-state index contributed by atoms with van der Waals surface area (Å²) in [7, 11) is -3.61. The number of sulfonamides is 1. The van der Waals surface area contributed by atoms with E-state index in [4.69, 9.17) is 0 Å². The van der Waals surface area contributed by atoms with E-state index in [0.29, 0.717) is 10.6 Å². The highest BCUT2D eigenvalue weighted by atomic mass is 32.2. The molecule has 0 spiro atoms. The Morgan fingerprint density at radius 1 is 1.00 bits per heavy atom. The third kappa shape index (κ3) is 2.93. The molecule has 2 aromatic carbocycles. The van der Waals surface area contributed by atoms with E-state index in [1.165, 1.54) is 17.7 Å². The summed E-state index contributed by atoms with van der Waals surface area (Å²) in [4.78, 5) is 3.76. The number of H-pyrrole nitrogens is 1. The average Bonchev–Trinajstić information content (AvgIpc) is 2.95. The summed E-state index contributed by atoms with van der Waals surface area (Å²) >= 11 is 0. The van der Waals surface area contributed by atoms with Crippen molar-refractivity contribution in [2.75, 3.05) is 4.72 Å². The second kappa shape index (κ2) is 5.92. The Kier molecular flexibility index (Phi) is 3.84. The topological polar surface area (TPSA) is 62.0 Å². The summed E-state index contributed by atoms with van der Waals surface area (Å²) in [6, 6.07) is 11.1. The summed E-state index contributed by atoms with van der Waals surface area (Å²) in [5.74, 6) is 0. The molecule has 0 saturated carbocycles. The molecule has 0 saturated heterocycles. The first-order valence-electron chi connectivity index (χ1n) is 8.67. The maximum atomic E-state index is 12.9. The Labute approximate surface area is 148 Å². The third-order valence-corrected chi connectivity index (χ3v) is 6.37. The van der Waals surface area contributed by atoms with Gasteiger partial charge in [-0.1, -0.05) is 17.7 Å². The fraction of sp³-hybridized carbons (Fsp3) is 0.300.